The number of anilines is 1. The van der Waals surface area contributed by atoms with Gasteiger partial charge in [-0.15, -0.1) is 0 Å². The van der Waals surface area contributed by atoms with E-state index in [1.165, 1.54) is 0 Å². The van der Waals surface area contributed by atoms with Crippen LogP contribution in [0.15, 0.2) is 24.3 Å². The van der Waals surface area contributed by atoms with Gasteiger partial charge >= 0.3 is 0 Å². The molecule has 7 heteroatoms. The van der Waals surface area contributed by atoms with Crippen LogP contribution in [0.4, 0.5) is 5.69 Å². The van der Waals surface area contributed by atoms with Gasteiger partial charge in [-0.25, -0.2) is 13.1 Å². The molecule has 6 nitrogen and oxygen atoms in total. The molecule has 2 rings (SSSR count). The molecule has 0 bridgehead atoms. The molecule has 1 fully saturated rings. The van der Waals surface area contributed by atoms with Crippen molar-refractivity contribution in [3.8, 4) is 5.75 Å². The molecule has 0 amide bonds. The van der Waals surface area contributed by atoms with Gasteiger partial charge in [0.2, 0.25) is 10.0 Å². The molecule has 0 aliphatic heterocycles. The minimum absolute atomic E-state index is 0.0202. The van der Waals surface area contributed by atoms with Crippen LogP contribution in [0.25, 0.3) is 0 Å². The SMILES string of the molecule is Nc1ccccc1OCCS(=O)(=O)N[C@H]1CCCC[C@@H]1O. The van der Waals surface area contributed by atoms with Crippen LogP contribution < -0.4 is 15.2 Å². The minimum atomic E-state index is -3.47. The highest BCUT2D eigenvalue weighted by molar-refractivity contribution is 7.89. The van der Waals surface area contributed by atoms with Crippen molar-refractivity contribution in [1.29, 1.82) is 0 Å². The molecular formula is C14H22N2O4S. The standard InChI is InChI=1S/C14H22N2O4S/c15-11-5-1-4-8-14(11)20-9-10-21(18,19)16-12-6-2-3-7-13(12)17/h1,4-5,8,12-13,16-17H,2-3,6-7,9-10,15H2/t12-,13-/m0/s1. The highest BCUT2D eigenvalue weighted by atomic mass is 32.2. The minimum Gasteiger partial charge on any atom is -0.490 e. The number of rotatable bonds is 6. The largest absolute Gasteiger partial charge is 0.490 e. The zero-order chi connectivity index (χ0) is 15.3. The molecule has 1 saturated carbocycles. The van der Waals surface area contributed by atoms with Gasteiger partial charge in [0, 0.05) is 6.04 Å². The van der Waals surface area contributed by atoms with Gasteiger partial charge in [-0.05, 0) is 25.0 Å². The number of nitrogen functional groups attached to an aromatic ring is 1. The Kier molecular flexibility index (Phi) is 5.44. The van der Waals surface area contributed by atoms with E-state index in [-0.39, 0.29) is 18.4 Å². The zero-order valence-corrected chi connectivity index (χ0v) is 12.7. The number of nitrogens with one attached hydrogen (secondary N) is 1. The fourth-order valence-electron chi connectivity index (χ4n) is 2.41. The third-order valence-electron chi connectivity index (χ3n) is 3.59. The van der Waals surface area contributed by atoms with Gasteiger partial charge < -0.3 is 15.6 Å². The molecule has 0 aromatic heterocycles. The maximum absolute atomic E-state index is 12.0. The topological polar surface area (TPSA) is 102 Å². The van der Waals surface area contributed by atoms with Crippen molar-refractivity contribution in [2.45, 2.75) is 37.8 Å². The van der Waals surface area contributed by atoms with E-state index in [0.29, 0.717) is 24.3 Å². The summed E-state index contributed by atoms with van der Waals surface area (Å²) in [4.78, 5) is 0. The van der Waals surface area contributed by atoms with Gasteiger partial charge in [0.1, 0.15) is 12.4 Å². The second-order valence-electron chi connectivity index (χ2n) is 5.28. The molecular weight excluding hydrogens is 292 g/mol. The number of benzene rings is 1. The van der Waals surface area contributed by atoms with E-state index in [1.807, 2.05) is 0 Å². The van der Waals surface area contributed by atoms with Gasteiger partial charge in [-0.1, -0.05) is 25.0 Å². The van der Waals surface area contributed by atoms with Crippen LogP contribution in [0.5, 0.6) is 5.75 Å². The summed E-state index contributed by atoms with van der Waals surface area (Å²) in [5.74, 6) is 0.315. The summed E-state index contributed by atoms with van der Waals surface area (Å²) < 4.78 is 31.9. The number of hydrogen-bond donors (Lipinski definition) is 3. The summed E-state index contributed by atoms with van der Waals surface area (Å²) in [6.07, 6.45) is 2.59. The lowest BCUT2D eigenvalue weighted by Gasteiger charge is -2.28. The molecule has 1 aromatic carbocycles. The lowest BCUT2D eigenvalue weighted by molar-refractivity contribution is 0.101. The Hall–Kier alpha value is -1.31. The van der Waals surface area contributed by atoms with E-state index >= 15 is 0 Å². The zero-order valence-electron chi connectivity index (χ0n) is 11.9. The van der Waals surface area contributed by atoms with Gasteiger partial charge in [-0.2, -0.15) is 0 Å². The molecule has 0 spiro atoms. The van der Waals surface area contributed by atoms with Crippen molar-refractivity contribution in [1.82, 2.24) is 4.72 Å². The van der Waals surface area contributed by atoms with Crippen LogP contribution in [0.3, 0.4) is 0 Å². The first-order valence-electron chi connectivity index (χ1n) is 7.13. The second-order valence-corrected chi connectivity index (χ2v) is 7.15. The lowest BCUT2D eigenvalue weighted by atomic mass is 9.93. The third kappa shape index (κ3) is 4.87. The van der Waals surface area contributed by atoms with Crippen molar-refractivity contribution in [2.24, 2.45) is 0 Å². The van der Waals surface area contributed by atoms with Gasteiger partial charge in [0.15, 0.2) is 0 Å². The quantitative estimate of drug-likeness (QED) is 0.676. The molecule has 1 aromatic rings. The van der Waals surface area contributed by atoms with E-state index in [1.54, 1.807) is 24.3 Å². The number of hydrogen-bond acceptors (Lipinski definition) is 5. The van der Waals surface area contributed by atoms with Crippen molar-refractivity contribution in [3.63, 3.8) is 0 Å². The fourth-order valence-corrected chi connectivity index (χ4v) is 3.57. The highest BCUT2D eigenvalue weighted by Gasteiger charge is 2.27. The average molecular weight is 314 g/mol. The van der Waals surface area contributed by atoms with Crippen LogP contribution in [0, 0.1) is 0 Å². The maximum Gasteiger partial charge on any atom is 0.215 e. The van der Waals surface area contributed by atoms with Gasteiger partial charge in [-0.3, -0.25) is 0 Å². The number of nitrogens with two attached hydrogens (primary N) is 1. The highest BCUT2D eigenvalue weighted by Crippen LogP contribution is 2.20. The van der Waals surface area contributed by atoms with E-state index in [4.69, 9.17) is 10.5 Å². The summed E-state index contributed by atoms with van der Waals surface area (Å²) >= 11 is 0. The molecule has 1 aliphatic rings. The normalized spacial score (nSPS) is 22.9. The van der Waals surface area contributed by atoms with E-state index in [2.05, 4.69) is 4.72 Å². The van der Waals surface area contributed by atoms with E-state index in [9.17, 15) is 13.5 Å². The van der Waals surface area contributed by atoms with Crippen molar-refractivity contribution in [3.05, 3.63) is 24.3 Å². The number of sulfonamides is 1. The number of ether oxygens (including phenoxy) is 1. The molecule has 118 valence electrons. The lowest BCUT2D eigenvalue weighted by Crippen LogP contribution is -2.46. The maximum atomic E-state index is 12.0. The van der Waals surface area contributed by atoms with Crippen LogP contribution in [0.1, 0.15) is 25.7 Å². The first-order chi connectivity index (χ1) is 9.98. The summed E-state index contributed by atoms with van der Waals surface area (Å²) in [5.41, 5.74) is 6.19. The Morgan fingerprint density at radius 1 is 1.29 bits per heavy atom. The average Bonchev–Trinajstić information content (AvgIpc) is 2.43. The Labute approximate surface area is 125 Å². The molecule has 21 heavy (non-hydrogen) atoms. The Bertz CT molecular complexity index is 562. The van der Waals surface area contributed by atoms with Crippen LogP contribution in [-0.4, -0.2) is 38.0 Å². The first kappa shape index (κ1) is 16.1. The summed E-state index contributed by atoms with van der Waals surface area (Å²) in [5, 5.41) is 9.80. The van der Waals surface area contributed by atoms with Crippen LogP contribution in [0.2, 0.25) is 0 Å². The molecule has 2 atom stereocenters. The summed E-state index contributed by atoms with van der Waals surface area (Å²) in [7, 11) is -3.47. The molecule has 4 N–H and O–H groups in total. The third-order valence-corrected chi connectivity index (χ3v) is 4.96. The predicted octanol–water partition coefficient (Wildman–Crippen LogP) is 0.870. The number of aliphatic hydroxyl groups excluding tert-OH is 1. The summed E-state index contributed by atoms with van der Waals surface area (Å²) in [6.45, 7) is 0.0202. The van der Waals surface area contributed by atoms with E-state index in [0.717, 1.165) is 12.8 Å². The number of aliphatic hydroxyl groups is 1. The Morgan fingerprint density at radius 3 is 2.71 bits per heavy atom. The molecule has 0 saturated heterocycles. The second kappa shape index (κ2) is 7.11. The van der Waals surface area contributed by atoms with Crippen LogP contribution >= 0.6 is 0 Å². The van der Waals surface area contributed by atoms with Crippen LogP contribution in [-0.2, 0) is 10.0 Å². The predicted molar refractivity (Wildman–Crippen MR) is 81.5 cm³/mol. The Morgan fingerprint density at radius 2 is 2.00 bits per heavy atom. The van der Waals surface area contributed by atoms with Crippen molar-refractivity contribution < 1.29 is 18.3 Å². The van der Waals surface area contributed by atoms with Gasteiger partial charge in [0.25, 0.3) is 0 Å². The first-order valence-corrected chi connectivity index (χ1v) is 8.78. The number of para-hydroxylation sites is 2. The molecule has 0 heterocycles. The smallest absolute Gasteiger partial charge is 0.215 e. The van der Waals surface area contributed by atoms with E-state index < -0.39 is 16.1 Å². The molecule has 0 radical (unpaired) electrons. The van der Waals surface area contributed by atoms with Crippen molar-refractivity contribution >= 4 is 15.7 Å². The van der Waals surface area contributed by atoms with Crippen molar-refractivity contribution in [2.75, 3.05) is 18.1 Å². The Balaban J connectivity index is 1.82. The summed E-state index contributed by atoms with van der Waals surface area (Å²) in [6, 6.07) is 6.56. The monoisotopic (exact) mass is 314 g/mol. The van der Waals surface area contributed by atoms with Gasteiger partial charge in [0.05, 0.1) is 17.5 Å². The molecule has 0 unspecified atom stereocenters. The molecule has 1 aliphatic carbocycles. The fraction of sp³-hybridized carbons (Fsp3) is 0.571.